The zero-order valence-electron chi connectivity index (χ0n) is 11.6. The summed E-state index contributed by atoms with van der Waals surface area (Å²) in [5.41, 5.74) is -1.05. The Kier molecular flexibility index (Phi) is 4.13. The molecule has 0 aliphatic heterocycles. The van der Waals surface area contributed by atoms with Crippen LogP contribution in [0.4, 0.5) is 0 Å². The minimum Gasteiger partial charge on any atom is -0.370 e. The van der Waals surface area contributed by atoms with Crippen LogP contribution in [0.1, 0.15) is 53.4 Å². The number of rotatable bonds is 3. The summed E-state index contributed by atoms with van der Waals surface area (Å²) in [6.45, 7) is 7.41. The summed E-state index contributed by atoms with van der Waals surface area (Å²) in [6, 6.07) is 0. The highest BCUT2D eigenvalue weighted by Gasteiger charge is 2.46. The smallest absolute Gasteiger partial charge is 0.169 e. The molecule has 0 bridgehead atoms. The second kappa shape index (κ2) is 4.89. The normalized spacial score (nSPS) is 30.1. The lowest BCUT2D eigenvalue weighted by molar-refractivity contribution is -0.155. The van der Waals surface area contributed by atoms with Crippen LogP contribution in [0.2, 0.25) is 0 Å². The van der Waals surface area contributed by atoms with Crippen molar-refractivity contribution in [3.8, 4) is 0 Å². The minimum atomic E-state index is -0.662. The van der Waals surface area contributed by atoms with Crippen molar-refractivity contribution in [3.05, 3.63) is 0 Å². The van der Waals surface area contributed by atoms with Gasteiger partial charge in [-0.25, -0.2) is 0 Å². The zero-order chi connectivity index (χ0) is 13.3. The number of methoxy groups -OCH3 is 1. The van der Waals surface area contributed by atoms with Crippen molar-refractivity contribution >= 4 is 11.6 Å². The van der Waals surface area contributed by atoms with Gasteiger partial charge in [-0.15, -0.1) is 0 Å². The summed E-state index contributed by atoms with van der Waals surface area (Å²) in [7, 11) is 1.61. The molecule has 0 aromatic carbocycles. The summed E-state index contributed by atoms with van der Waals surface area (Å²) in [4.78, 5) is 23.8. The number of hydrogen-bond acceptors (Lipinski definition) is 3. The molecule has 0 aromatic heterocycles. The van der Waals surface area contributed by atoms with Gasteiger partial charge in [-0.2, -0.15) is 0 Å². The Morgan fingerprint density at radius 1 is 1.18 bits per heavy atom. The van der Waals surface area contributed by atoms with E-state index < -0.39 is 5.60 Å². The molecule has 1 fully saturated rings. The van der Waals surface area contributed by atoms with Gasteiger partial charge in [0, 0.05) is 18.4 Å². The molecule has 0 amide bonds. The Morgan fingerprint density at radius 3 is 1.94 bits per heavy atom. The quantitative estimate of drug-likeness (QED) is 0.762. The summed E-state index contributed by atoms with van der Waals surface area (Å²) in [6.07, 6.45) is 2.88. The van der Waals surface area contributed by atoms with Gasteiger partial charge in [0.2, 0.25) is 0 Å². The van der Waals surface area contributed by atoms with E-state index >= 15 is 0 Å². The first-order valence-electron chi connectivity index (χ1n) is 6.33. The van der Waals surface area contributed by atoms with E-state index in [-0.39, 0.29) is 22.9 Å². The van der Waals surface area contributed by atoms with Crippen molar-refractivity contribution in [2.24, 2.45) is 11.3 Å². The number of ketones is 2. The van der Waals surface area contributed by atoms with Crippen LogP contribution in [-0.4, -0.2) is 24.3 Å². The fourth-order valence-corrected chi connectivity index (χ4v) is 2.70. The summed E-state index contributed by atoms with van der Waals surface area (Å²) >= 11 is 0. The highest BCUT2D eigenvalue weighted by atomic mass is 16.5. The van der Waals surface area contributed by atoms with E-state index in [4.69, 9.17) is 4.74 Å². The van der Waals surface area contributed by atoms with Crippen LogP contribution in [0, 0.1) is 11.3 Å². The molecule has 1 aliphatic carbocycles. The third-order valence-corrected chi connectivity index (χ3v) is 3.85. The number of ether oxygens (including phenoxy) is 1. The van der Waals surface area contributed by atoms with Crippen LogP contribution < -0.4 is 0 Å². The first-order valence-corrected chi connectivity index (χ1v) is 6.33. The van der Waals surface area contributed by atoms with Gasteiger partial charge in [0.1, 0.15) is 11.4 Å². The molecule has 0 heterocycles. The Morgan fingerprint density at radius 2 is 1.65 bits per heavy atom. The maximum Gasteiger partial charge on any atom is 0.169 e. The van der Waals surface area contributed by atoms with E-state index in [0.717, 1.165) is 12.8 Å². The topological polar surface area (TPSA) is 43.4 Å². The standard InChI is InChI=1S/C14H24O3/c1-10(15)11-6-8-14(17-5,9-7-11)12(16)13(2,3)4/h11H,6-9H2,1-5H3. The van der Waals surface area contributed by atoms with E-state index in [1.165, 1.54) is 0 Å². The number of hydrogen-bond donors (Lipinski definition) is 0. The molecule has 0 saturated heterocycles. The minimum absolute atomic E-state index is 0.117. The van der Waals surface area contributed by atoms with E-state index in [9.17, 15) is 9.59 Å². The number of carbonyl (C=O) groups is 2. The van der Waals surface area contributed by atoms with Crippen LogP contribution in [0.25, 0.3) is 0 Å². The summed E-state index contributed by atoms with van der Waals surface area (Å²) < 4.78 is 5.53. The van der Waals surface area contributed by atoms with Gasteiger partial charge in [-0.3, -0.25) is 9.59 Å². The van der Waals surface area contributed by atoms with Gasteiger partial charge < -0.3 is 4.74 Å². The molecule has 0 N–H and O–H groups in total. The lowest BCUT2D eigenvalue weighted by Crippen LogP contribution is -2.49. The highest BCUT2D eigenvalue weighted by Crippen LogP contribution is 2.39. The SMILES string of the molecule is COC1(C(=O)C(C)(C)C)CCC(C(C)=O)CC1. The van der Waals surface area contributed by atoms with Gasteiger partial charge in [-0.1, -0.05) is 20.8 Å². The third kappa shape index (κ3) is 2.95. The molecule has 3 heteroatoms. The van der Waals surface area contributed by atoms with Gasteiger partial charge in [0.25, 0.3) is 0 Å². The largest absolute Gasteiger partial charge is 0.370 e. The zero-order valence-corrected chi connectivity index (χ0v) is 11.6. The molecular weight excluding hydrogens is 216 g/mol. The van der Waals surface area contributed by atoms with Gasteiger partial charge in [-0.05, 0) is 32.6 Å². The molecule has 0 radical (unpaired) electrons. The fraction of sp³-hybridized carbons (Fsp3) is 0.857. The molecule has 1 saturated carbocycles. The van der Waals surface area contributed by atoms with Crippen LogP contribution in [-0.2, 0) is 14.3 Å². The number of carbonyl (C=O) groups excluding carboxylic acids is 2. The van der Waals surface area contributed by atoms with Gasteiger partial charge in [0.05, 0.1) is 0 Å². The second-order valence-electron chi connectivity index (χ2n) is 6.16. The van der Waals surface area contributed by atoms with Crippen molar-refractivity contribution < 1.29 is 14.3 Å². The average Bonchev–Trinajstić information content (AvgIpc) is 2.26. The van der Waals surface area contributed by atoms with Crippen LogP contribution in [0.3, 0.4) is 0 Å². The van der Waals surface area contributed by atoms with Crippen LogP contribution in [0.5, 0.6) is 0 Å². The lowest BCUT2D eigenvalue weighted by Gasteiger charge is -2.40. The van der Waals surface area contributed by atoms with Gasteiger partial charge in [0.15, 0.2) is 5.78 Å². The summed E-state index contributed by atoms with van der Waals surface area (Å²) in [5, 5.41) is 0. The molecule has 17 heavy (non-hydrogen) atoms. The molecule has 0 spiro atoms. The van der Waals surface area contributed by atoms with Crippen LogP contribution in [0.15, 0.2) is 0 Å². The maximum atomic E-state index is 12.4. The highest BCUT2D eigenvalue weighted by molar-refractivity contribution is 5.92. The first kappa shape index (κ1) is 14.4. The monoisotopic (exact) mass is 240 g/mol. The summed E-state index contributed by atoms with van der Waals surface area (Å²) in [5.74, 6) is 0.512. The van der Waals surface area contributed by atoms with Crippen molar-refractivity contribution in [1.29, 1.82) is 0 Å². The van der Waals surface area contributed by atoms with Crippen LogP contribution >= 0.6 is 0 Å². The molecule has 1 rings (SSSR count). The van der Waals surface area contributed by atoms with Crippen molar-refractivity contribution in [3.63, 3.8) is 0 Å². The molecular formula is C14H24O3. The first-order chi connectivity index (χ1) is 7.73. The van der Waals surface area contributed by atoms with E-state index in [2.05, 4.69) is 0 Å². The Balaban J connectivity index is 2.81. The molecule has 0 unspecified atom stereocenters. The van der Waals surface area contributed by atoms with E-state index in [0.29, 0.717) is 12.8 Å². The van der Waals surface area contributed by atoms with Crippen molar-refractivity contribution in [1.82, 2.24) is 0 Å². The van der Waals surface area contributed by atoms with Gasteiger partial charge >= 0.3 is 0 Å². The second-order valence-corrected chi connectivity index (χ2v) is 6.16. The predicted octanol–water partition coefficient (Wildman–Crippen LogP) is 2.77. The Labute approximate surface area is 104 Å². The lowest BCUT2D eigenvalue weighted by atomic mass is 9.69. The Bertz CT molecular complexity index is 304. The molecule has 0 atom stereocenters. The van der Waals surface area contributed by atoms with Crippen molar-refractivity contribution in [2.75, 3.05) is 7.11 Å². The number of Topliss-reactive ketones (excluding diaryl/α,β-unsaturated/α-hetero) is 2. The van der Waals surface area contributed by atoms with E-state index in [1.54, 1.807) is 14.0 Å². The molecule has 1 aliphatic rings. The van der Waals surface area contributed by atoms with E-state index in [1.807, 2.05) is 20.8 Å². The Hall–Kier alpha value is -0.700. The van der Waals surface area contributed by atoms with Crippen molar-refractivity contribution in [2.45, 2.75) is 59.0 Å². The fourth-order valence-electron chi connectivity index (χ4n) is 2.70. The molecule has 3 nitrogen and oxygen atoms in total. The maximum absolute atomic E-state index is 12.4. The average molecular weight is 240 g/mol. The third-order valence-electron chi connectivity index (χ3n) is 3.85. The molecule has 98 valence electrons. The molecule has 0 aromatic rings. The predicted molar refractivity (Wildman–Crippen MR) is 66.8 cm³/mol.